The summed E-state index contributed by atoms with van der Waals surface area (Å²) in [7, 11) is 0. The van der Waals surface area contributed by atoms with Gasteiger partial charge < -0.3 is 15.3 Å². The van der Waals surface area contributed by atoms with Crippen LogP contribution in [0.2, 0.25) is 0 Å². The average Bonchev–Trinajstić information content (AvgIpc) is 2.85. The van der Waals surface area contributed by atoms with Crippen molar-refractivity contribution in [3.63, 3.8) is 0 Å². The molecular formula is C27H26N2O4. The van der Waals surface area contributed by atoms with Crippen molar-refractivity contribution >= 4 is 23.3 Å². The van der Waals surface area contributed by atoms with Crippen LogP contribution in [0.5, 0.6) is 5.75 Å². The van der Waals surface area contributed by atoms with Gasteiger partial charge in [0.2, 0.25) is 5.91 Å². The maximum Gasteiger partial charge on any atom is 0.254 e. The highest BCUT2D eigenvalue weighted by Gasteiger charge is 2.29. The van der Waals surface area contributed by atoms with Crippen molar-refractivity contribution in [2.24, 2.45) is 5.92 Å². The van der Waals surface area contributed by atoms with Crippen molar-refractivity contribution in [3.05, 3.63) is 95.1 Å². The van der Waals surface area contributed by atoms with Gasteiger partial charge in [-0.05, 0) is 38.0 Å². The van der Waals surface area contributed by atoms with Crippen LogP contribution in [-0.4, -0.2) is 40.7 Å². The molecule has 2 amide bonds. The summed E-state index contributed by atoms with van der Waals surface area (Å²) in [5.41, 5.74) is 2.74. The van der Waals surface area contributed by atoms with E-state index in [-0.39, 0.29) is 29.3 Å². The number of aryl methyl sites for hydroxylation is 1. The van der Waals surface area contributed by atoms with Gasteiger partial charge in [-0.2, -0.15) is 0 Å². The molecule has 0 spiro atoms. The SMILES string of the molecule is Cc1ccc(C(=O)c2ccccc2C(=O)N2CCC(C(=O)Nc3ccccc3O)CC2)cc1. The summed E-state index contributed by atoms with van der Waals surface area (Å²) in [5.74, 6) is -0.786. The summed E-state index contributed by atoms with van der Waals surface area (Å²) < 4.78 is 0. The van der Waals surface area contributed by atoms with Crippen LogP contribution in [0.4, 0.5) is 5.69 Å². The van der Waals surface area contributed by atoms with Crippen LogP contribution in [0.3, 0.4) is 0 Å². The predicted octanol–water partition coefficient (Wildman–Crippen LogP) is 4.42. The monoisotopic (exact) mass is 442 g/mol. The molecule has 0 bridgehead atoms. The van der Waals surface area contributed by atoms with E-state index in [0.29, 0.717) is 48.3 Å². The number of hydrogen-bond acceptors (Lipinski definition) is 4. The van der Waals surface area contributed by atoms with Crippen LogP contribution in [-0.2, 0) is 4.79 Å². The van der Waals surface area contributed by atoms with Crippen molar-refractivity contribution in [2.45, 2.75) is 19.8 Å². The van der Waals surface area contributed by atoms with E-state index in [9.17, 15) is 19.5 Å². The summed E-state index contributed by atoms with van der Waals surface area (Å²) in [6.45, 7) is 2.80. The van der Waals surface area contributed by atoms with E-state index in [0.717, 1.165) is 5.56 Å². The molecule has 0 atom stereocenters. The number of rotatable bonds is 5. The minimum atomic E-state index is -0.252. The van der Waals surface area contributed by atoms with E-state index < -0.39 is 0 Å². The Balaban J connectivity index is 1.43. The fourth-order valence-corrected chi connectivity index (χ4v) is 4.06. The molecule has 1 saturated heterocycles. The number of aromatic hydroxyl groups is 1. The highest BCUT2D eigenvalue weighted by atomic mass is 16.3. The molecule has 0 aliphatic carbocycles. The second-order valence-corrected chi connectivity index (χ2v) is 8.31. The second kappa shape index (κ2) is 9.69. The number of phenols is 1. The van der Waals surface area contributed by atoms with Gasteiger partial charge in [-0.3, -0.25) is 14.4 Å². The molecule has 6 heteroatoms. The molecule has 3 aromatic carbocycles. The summed E-state index contributed by atoms with van der Waals surface area (Å²) in [6.07, 6.45) is 1.03. The molecule has 6 nitrogen and oxygen atoms in total. The first kappa shape index (κ1) is 22.3. The number of para-hydroxylation sites is 2. The fourth-order valence-electron chi connectivity index (χ4n) is 4.06. The van der Waals surface area contributed by atoms with Crippen LogP contribution in [0.25, 0.3) is 0 Å². The Labute approximate surface area is 192 Å². The van der Waals surface area contributed by atoms with Crippen LogP contribution in [0.1, 0.15) is 44.7 Å². The third kappa shape index (κ3) is 4.95. The molecule has 1 fully saturated rings. The van der Waals surface area contributed by atoms with Gasteiger partial charge in [0.25, 0.3) is 5.91 Å². The van der Waals surface area contributed by atoms with Gasteiger partial charge in [0.1, 0.15) is 5.75 Å². The number of carbonyl (C=O) groups excluding carboxylic acids is 3. The highest BCUT2D eigenvalue weighted by molar-refractivity contribution is 6.15. The van der Waals surface area contributed by atoms with E-state index in [1.165, 1.54) is 6.07 Å². The average molecular weight is 443 g/mol. The fraction of sp³-hybridized carbons (Fsp3) is 0.222. The van der Waals surface area contributed by atoms with E-state index in [1.54, 1.807) is 59.5 Å². The van der Waals surface area contributed by atoms with Gasteiger partial charge in [-0.25, -0.2) is 0 Å². The Hall–Kier alpha value is -3.93. The van der Waals surface area contributed by atoms with Crippen LogP contribution in [0, 0.1) is 12.8 Å². The van der Waals surface area contributed by atoms with E-state index >= 15 is 0 Å². The maximum atomic E-state index is 13.3. The van der Waals surface area contributed by atoms with E-state index in [2.05, 4.69) is 5.32 Å². The van der Waals surface area contributed by atoms with Crippen molar-refractivity contribution in [2.75, 3.05) is 18.4 Å². The summed E-state index contributed by atoms with van der Waals surface area (Å²) in [5, 5.41) is 12.6. The predicted molar refractivity (Wildman–Crippen MR) is 126 cm³/mol. The minimum absolute atomic E-state index is 0.0216. The van der Waals surface area contributed by atoms with Gasteiger partial charge >= 0.3 is 0 Å². The lowest BCUT2D eigenvalue weighted by Gasteiger charge is -2.31. The number of piperidine rings is 1. The molecule has 0 radical (unpaired) electrons. The zero-order valence-electron chi connectivity index (χ0n) is 18.5. The number of nitrogens with zero attached hydrogens (tertiary/aromatic N) is 1. The number of phenolic OH excluding ortho intramolecular Hbond substituents is 1. The molecule has 2 N–H and O–H groups in total. The van der Waals surface area contributed by atoms with Gasteiger partial charge in [-0.1, -0.05) is 60.2 Å². The lowest BCUT2D eigenvalue weighted by Crippen LogP contribution is -2.41. The Morgan fingerprint density at radius 2 is 1.45 bits per heavy atom. The molecular weight excluding hydrogens is 416 g/mol. The topological polar surface area (TPSA) is 86.7 Å². The van der Waals surface area contributed by atoms with Gasteiger partial charge in [0.15, 0.2) is 5.78 Å². The maximum absolute atomic E-state index is 13.3. The number of benzene rings is 3. The Kier molecular flexibility index (Phi) is 6.54. The van der Waals surface area contributed by atoms with Crippen molar-refractivity contribution in [1.82, 2.24) is 4.90 Å². The lowest BCUT2D eigenvalue weighted by molar-refractivity contribution is -0.121. The van der Waals surface area contributed by atoms with Crippen LogP contribution < -0.4 is 5.32 Å². The highest BCUT2D eigenvalue weighted by Crippen LogP contribution is 2.26. The molecule has 1 aliphatic heterocycles. The van der Waals surface area contributed by atoms with Crippen LogP contribution in [0.15, 0.2) is 72.8 Å². The van der Waals surface area contributed by atoms with Crippen molar-refractivity contribution in [1.29, 1.82) is 0 Å². The molecule has 0 unspecified atom stereocenters. The van der Waals surface area contributed by atoms with Crippen LogP contribution >= 0.6 is 0 Å². The van der Waals surface area contributed by atoms with Crippen molar-refractivity contribution < 1.29 is 19.5 Å². The summed E-state index contributed by atoms with van der Waals surface area (Å²) in [6, 6.07) is 20.8. The molecule has 0 saturated carbocycles. The number of ketones is 1. The third-order valence-electron chi connectivity index (χ3n) is 6.03. The number of carbonyl (C=O) groups is 3. The number of hydrogen-bond donors (Lipinski definition) is 2. The first-order valence-corrected chi connectivity index (χ1v) is 11.0. The van der Waals surface area contributed by atoms with E-state index in [1.807, 2.05) is 19.1 Å². The lowest BCUT2D eigenvalue weighted by atomic mass is 9.93. The summed E-state index contributed by atoms with van der Waals surface area (Å²) >= 11 is 0. The molecule has 1 aliphatic rings. The Morgan fingerprint density at radius 3 is 2.12 bits per heavy atom. The van der Waals surface area contributed by atoms with Gasteiger partial charge in [-0.15, -0.1) is 0 Å². The molecule has 3 aromatic rings. The zero-order chi connectivity index (χ0) is 23.4. The molecule has 1 heterocycles. The third-order valence-corrected chi connectivity index (χ3v) is 6.03. The molecule has 33 heavy (non-hydrogen) atoms. The number of amides is 2. The standard InChI is InChI=1S/C27H26N2O4/c1-18-10-12-19(13-11-18)25(31)21-6-2-3-7-22(21)27(33)29-16-14-20(15-17-29)26(32)28-23-8-4-5-9-24(23)30/h2-13,20,30H,14-17H2,1H3,(H,28,32). The quantitative estimate of drug-likeness (QED) is 0.452. The number of nitrogens with one attached hydrogen (secondary N) is 1. The number of anilines is 1. The largest absolute Gasteiger partial charge is 0.506 e. The molecule has 4 rings (SSSR count). The first-order chi connectivity index (χ1) is 15.9. The first-order valence-electron chi connectivity index (χ1n) is 11.0. The summed E-state index contributed by atoms with van der Waals surface area (Å²) in [4.78, 5) is 40.6. The normalized spacial score (nSPS) is 14.0. The molecule has 168 valence electrons. The Bertz CT molecular complexity index is 1180. The van der Waals surface area contributed by atoms with Gasteiger partial charge in [0.05, 0.1) is 11.3 Å². The zero-order valence-corrected chi connectivity index (χ0v) is 18.5. The van der Waals surface area contributed by atoms with Gasteiger partial charge in [0, 0.05) is 30.1 Å². The van der Waals surface area contributed by atoms with Crippen molar-refractivity contribution in [3.8, 4) is 5.75 Å². The second-order valence-electron chi connectivity index (χ2n) is 8.31. The van der Waals surface area contributed by atoms with E-state index in [4.69, 9.17) is 0 Å². The molecule has 0 aromatic heterocycles. The minimum Gasteiger partial charge on any atom is -0.506 e. The smallest absolute Gasteiger partial charge is 0.254 e. The Morgan fingerprint density at radius 1 is 0.848 bits per heavy atom. The number of likely N-dealkylation sites (tertiary alicyclic amines) is 1.